The minimum Gasteiger partial charge on any atom is -0.491 e. The Balaban J connectivity index is 2.63. The first-order valence-electron chi connectivity index (χ1n) is 6.14. The number of rotatable bonds is 2. The zero-order valence-corrected chi connectivity index (χ0v) is 12.4. The van der Waals surface area contributed by atoms with Gasteiger partial charge in [0, 0.05) is 5.56 Å². The van der Waals surface area contributed by atoms with Crippen molar-refractivity contribution in [2.24, 2.45) is 0 Å². The Bertz CT molecular complexity index is 567. The van der Waals surface area contributed by atoms with Crippen LogP contribution in [0.3, 0.4) is 0 Å². The number of thiazole rings is 1. The van der Waals surface area contributed by atoms with Gasteiger partial charge in [0.05, 0.1) is 16.3 Å². The third-order valence-electron chi connectivity index (χ3n) is 2.68. The molecule has 1 heterocycles. The zero-order chi connectivity index (χ0) is 13.5. The molecule has 0 bridgehead atoms. The highest BCUT2D eigenvalue weighted by atomic mass is 32.1. The Hall–Kier alpha value is -1.29. The van der Waals surface area contributed by atoms with Gasteiger partial charge in [-0.2, -0.15) is 0 Å². The van der Waals surface area contributed by atoms with Gasteiger partial charge in [0.1, 0.15) is 5.75 Å². The molecule has 2 aromatic rings. The van der Waals surface area contributed by atoms with E-state index in [0.29, 0.717) is 5.13 Å². The Labute approximate surface area is 112 Å². The van der Waals surface area contributed by atoms with Gasteiger partial charge in [-0.05, 0) is 31.4 Å². The second-order valence-electron chi connectivity index (χ2n) is 5.78. The number of anilines is 1. The van der Waals surface area contributed by atoms with Crippen molar-refractivity contribution in [2.75, 3.05) is 5.73 Å². The van der Waals surface area contributed by atoms with Crippen molar-refractivity contribution in [1.82, 2.24) is 4.98 Å². The van der Waals surface area contributed by atoms with Crippen LogP contribution in [-0.4, -0.2) is 11.1 Å². The molecule has 0 amide bonds. The second kappa shape index (κ2) is 4.43. The normalized spacial score (nSPS) is 12.3. The predicted molar refractivity (Wildman–Crippen MR) is 78.5 cm³/mol. The average molecular weight is 264 g/mol. The largest absolute Gasteiger partial charge is 0.491 e. The zero-order valence-electron chi connectivity index (χ0n) is 11.6. The van der Waals surface area contributed by atoms with Crippen molar-refractivity contribution < 1.29 is 4.74 Å². The van der Waals surface area contributed by atoms with Crippen molar-refractivity contribution in [1.29, 1.82) is 0 Å². The Kier molecular flexibility index (Phi) is 3.23. The molecule has 0 radical (unpaired) electrons. The van der Waals surface area contributed by atoms with Crippen LogP contribution in [0.5, 0.6) is 5.75 Å². The fourth-order valence-electron chi connectivity index (χ4n) is 1.91. The van der Waals surface area contributed by atoms with E-state index in [-0.39, 0.29) is 11.5 Å². The Morgan fingerprint density at radius 3 is 2.50 bits per heavy atom. The smallest absolute Gasteiger partial charge is 0.181 e. The molecule has 0 unspecified atom stereocenters. The van der Waals surface area contributed by atoms with Crippen LogP contribution in [0.2, 0.25) is 0 Å². The summed E-state index contributed by atoms with van der Waals surface area (Å²) in [5, 5.41) is 0.603. The van der Waals surface area contributed by atoms with Crippen LogP contribution >= 0.6 is 11.3 Å². The average Bonchev–Trinajstić information content (AvgIpc) is 2.53. The number of fused-ring (bicyclic) bond motifs is 1. The molecule has 2 rings (SSSR count). The summed E-state index contributed by atoms with van der Waals surface area (Å²) >= 11 is 1.50. The molecular weight excluding hydrogens is 244 g/mol. The number of hydrogen-bond acceptors (Lipinski definition) is 4. The Morgan fingerprint density at radius 2 is 1.94 bits per heavy atom. The molecule has 3 nitrogen and oxygen atoms in total. The molecule has 0 fully saturated rings. The molecule has 0 aliphatic rings. The quantitative estimate of drug-likeness (QED) is 0.893. The van der Waals surface area contributed by atoms with E-state index in [2.05, 4.69) is 37.9 Å². The van der Waals surface area contributed by atoms with Crippen molar-refractivity contribution >= 4 is 26.7 Å². The first-order valence-corrected chi connectivity index (χ1v) is 6.96. The lowest BCUT2D eigenvalue weighted by Crippen LogP contribution is -2.16. The van der Waals surface area contributed by atoms with E-state index < -0.39 is 0 Å². The number of benzene rings is 1. The lowest BCUT2D eigenvalue weighted by atomic mass is 9.86. The van der Waals surface area contributed by atoms with Crippen molar-refractivity contribution in [3.05, 3.63) is 17.7 Å². The predicted octanol–water partition coefficient (Wildman–Crippen LogP) is 3.96. The standard InChI is InChI=1S/C14H20N2OS/c1-8(2)17-11-7-12-10(16-13(15)18-12)6-9(11)14(3,4)5/h6-8H,1-5H3,(H2,15,16). The number of nitrogen functional groups attached to an aromatic ring is 1. The lowest BCUT2D eigenvalue weighted by Gasteiger charge is -2.24. The molecule has 1 aromatic heterocycles. The van der Waals surface area contributed by atoms with Crippen LogP contribution in [0.4, 0.5) is 5.13 Å². The highest BCUT2D eigenvalue weighted by Crippen LogP contribution is 2.37. The van der Waals surface area contributed by atoms with Crippen LogP contribution in [0.25, 0.3) is 10.2 Å². The van der Waals surface area contributed by atoms with Crippen LogP contribution in [0.1, 0.15) is 40.2 Å². The second-order valence-corrected chi connectivity index (χ2v) is 6.85. The minimum atomic E-state index is 0.0246. The summed E-state index contributed by atoms with van der Waals surface area (Å²) in [5.74, 6) is 0.939. The summed E-state index contributed by atoms with van der Waals surface area (Å²) in [4.78, 5) is 4.35. The summed E-state index contributed by atoms with van der Waals surface area (Å²) in [7, 11) is 0. The third-order valence-corrected chi connectivity index (χ3v) is 3.52. The van der Waals surface area contributed by atoms with Gasteiger partial charge in [-0.1, -0.05) is 32.1 Å². The molecule has 0 spiro atoms. The monoisotopic (exact) mass is 264 g/mol. The van der Waals surface area contributed by atoms with Gasteiger partial charge < -0.3 is 10.5 Å². The van der Waals surface area contributed by atoms with E-state index in [1.54, 1.807) is 0 Å². The van der Waals surface area contributed by atoms with Crippen molar-refractivity contribution in [3.63, 3.8) is 0 Å². The van der Waals surface area contributed by atoms with Crippen molar-refractivity contribution in [3.8, 4) is 5.75 Å². The van der Waals surface area contributed by atoms with Gasteiger partial charge in [-0.15, -0.1) is 0 Å². The number of aromatic nitrogens is 1. The summed E-state index contributed by atoms with van der Waals surface area (Å²) < 4.78 is 7.01. The van der Waals surface area contributed by atoms with Crippen LogP contribution in [-0.2, 0) is 5.41 Å². The fourth-order valence-corrected chi connectivity index (χ4v) is 2.66. The molecular formula is C14H20N2OS. The molecule has 1 aromatic carbocycles. The minimum absolute atomic E-state index is 0.0246. The Morgan fingerprint density at radius 1 is 1.28 bits per heavy atom. The lowest BCUT2D eigenvalue weighted by molar-refractivity contribution is 0.237. The first kappa shape index (κ1) is 13.1. The fraction of sp³-hybridized carbons (Fsp3) is 0.500. The topological polar surface area (TPSA) is 48.1 Å². The van der Waals surface area contributed by atoms with E-state index in [1.807, 2.05) is 13.8 Å². The maximum absolute atomic E-state index is 5.93. The SMILES string of the molecule is CC(C)Oc1cc2sc(N)nc2cc1C(C)(C)C. The molecule has 0 atom stereocenters. The molecule has 0 saturated heterocycles. The number of ether oxygens (including phenoxy) is 1. The molecule has 0 saturated carbocycles. The van der Waals surface area contributed by atoms with Crippen LogP contribution in [0, 0.1) is 0 Å². The van der Waals surface area contributed by atoms with Crippen LogP contribution < -0.4 is 10.5 Å². The van der Waals surface area contributed by atoms with E-state index in [0.717, 1.165) is 16.0 Å². The molecule has 2 N–H and O–H groups in total. The van der Waals surface area contributed by atoms with Gasteiger partial charge in [-0.25, -0.2) is 4.98 Å². The molecule has 98 valence electrons. The van der Waals surface area contributed by atoms with E-state index in [4.69, 9.17) is 10.5 Å². The van der Waals surface area contributed by atoms with Gasteiger partial charge >= 0.3 is 0 Å². The van der Waals surface area contributed by atoms with Gasteiger partial charge in [0.15, 0.2) is 5.13 Å². The van der Waals surface area contributed by atoms with Gasteiger partial charge in [-0.3, -0.25) is 0 Å². The number of hydrogen-bond donors (Lipinski definition) is 1. The molecule has 0 aliphatic heterocycles. The number of nitrogens with zero attached hydrogens (tertiary/aromatic N) is 1. The maximum atomic E-state index is 5.93. The van der Waals surface area contributed by atoms with E-state index in [9.17, 15) is 0 Å². The maximum Gasteiger partial charge on any atom is 0.181 e. The summed E-state index contributed by atoms with van der Waals surface area (Å²) in [6.45, 7) is 10.6. The molecule has 4 heteroatoms. The van der Waals surface area contributed by atoms with E-state index >= 15 is 0 Å². The highest BCUT2D eigenvalue weighted by Gasteiger charge is 2.21. The molecule has 0 aliphatic carbocycles. The summed E-state index contributed by atoms with van der Waals surface area (Å²) in [6.07, 6.45) is 0.161. The molecule has 18 heavy (non-hydrogen) atoms. The van der Waals surface area contributed by atoms with E-state index in [1.165, 1.54) is 16.9 Å². The van der Waals surface area contributed by atoms with Gasteiger partial charge in [0.25, 0.3) is 0 Å². The third kappa shape index (κ3) is 2.58. The van der Waals surface area contributed by atoms with Crippen LogP contribution in [0.15, 0.2) is 12.1 Å². The summed E-state index contributed by atoms with van der Waals surface area (Å²) in [5.41, 5.74) is 7.92. The van der Waals surface area contributed by atoms with Gasteiger partial charge in [0.2, 0.25) is 0 Å². The first-order chi connectivity index (χ1) is 8.27. The summed E-state index contributed by atoms with van der Waals surface area (Å²) in [6, 6.07) is 4.16. The number of nitrogens with two attached hydrogens (primary N) is 1. The highest BCUT2D eigenvalue weighted by molar-refractivity contribution is 7.22. The van der Waals surface area contributed by atoms with Crippen molar-refractivity contribution in [2.45, 2.75) is 46.1 Å².